The van der Waals surface area contributed by atoms with Gasteiger partial charge >= 0.3 is 93.2 Å². The number of hydrogen-bond donors (Lipinski definition) is 0. The Morgan fingerprint density at radius 1 is 0.615 bits per heavy atom. The van der Waals surface area contributed by atoms with Crippen molar-refractivity contribution in [2.45, 2.75) is 76.3 Å². The maximum absolute atomic E-state index is 2.68. The standard InChI is InChI=1S/C12H25As/c1-2-3-4-5-6-7-8-9-10-11-12-13/h2-12H2,1H3. The summed E-state index contributed by atoms with van der Waals surface area (Å²) in [6.45, 7) is 2.28. The van der Waals surface area contributed by atoms with Crippen LogP contribution in [-0.2, 0) is 0 Å². The van der Waals surface area contributed by atoms with E-state index in [-0.39, 0.29) is 0 Å². The Bertz CT molecular complexity index is 71.2. The van der Waals surface area contributed by atoms with Crippen molar-refractivity contribution in [2.75, 3.05) is 0 Å². The molecule has 0 aromatic carbocycles. The molecular weight excluding hydrogens is 219 g/mol. The van der Waals surface area contributed by atoms with Crippen LogP contribution >= 0.6 is 0 Å². The Balaban J connectivity index is 2.76. The Morgan fingerprint density at radius 2 is 1.00 bits per heavy atom. The van der Waals surface area contributed by atoms with Gasteiger partial charge in [0.1, 0.15) is 0 Å². The molecule has 0 spiro atoms. The predicted octanol–water partition coefficient (Wildman–Crippen LogP) is 4.49. The molecule has 0 saturated heterocycles. The number of rotatable bonds is 10. The molecule has 0 nitrogen and oxygen atoms in total. The van der Waals surface area contributed by atoms with E-state index in [0.29, 0.717) is 0 Å². The Morgan fingerprint density at radius 3 is 1.38 bits per heavy atom. The van der Waals surface area contributed by atoms with Gasteiger partial charge in [-0.3, -0.25) is 0 Å². The van der Waals surface area contributed by atoms with Gasteiger partial charge in [0, 0.05) is 0 Å². The van der Waals surface area contributed by atoms with Crippen LogP contribution in [0.25, 0.3) is 0 Å². The van der Waals surface area contributed by atoms with Gasteiger partial charge < -0.3 is 0 Å². The van der Waals surface area contributed by atoms with E-state index in [9.17, 15) is 0 Å². The molecular formula is C12H25As. The number of hydrogen-bond acceptors (Lipinski definition) is 0. The van der Waals surface area contributed by atoms with Gasteiger partial charge in [0.15, 0.2) is 0 Å². The first kappa shape index (κ1) is 13.6. The zero-order valence-corrected chi connectivity index (χ0v) is 11.1. The van der Waals surface area contributed by atoms with Crippen LogP contribution < -0.4 is 0 Å². The maximum atomic E-state index is 2.68. The summed E-state index contributed by atoms with van der Waals surface area (Å²) < 4.78 is 0. The summed E-state index contributed by atoms with van der Waals surface area (Å²) in [6.07, 6.45) is 14.5. The summed E-state index contributed by atoms with van der Waals surface area (Å²) >= 11 is 2.68. The van der Waals surface area contributed by atoms with Crippen molar-refractivity contribution in [3.63, 3.8) is 0 Å². The third kappa shape index (κ3) is 12.6. The van der Waals surface area contributed by atoms with Crippen LogP contribution in [-0.4, -0.2) is 16.9 Å². The van der Waals surface area contributed by atoms with Crippen molar-refractivity contribution in [1.82, 2.24) is 0 Å². The number of unbranched alkanes of at least 4 members (excludes halogenated alkanes) is 9. The minimum absolute atomic E-state index is 1.31. The summed E-state index contributed by atoms with van der Waals surface area (Å²) in [5, 5.41) is 1.31. The molecule has 0 unspecified atom stereocenters. The molecule has 78 valence electrons. The van der Waals surface area contributed by atoms with Crippen LogP contribution in [0.1, 0.15) is 71.1 Å². The Kier molecular flexibility index (Phi) is 13.1. The second-order valence-corrected chi connectivity index (χ2v) is 4.84. The molecule has 0 aromatic heterocycles. The third-order valence-corrected chi connectivity index (χ3v) is 3.18. The van der Waals surface area contributed by atoms with Crippen LogP contribution in [0.3, 0.4) is 0 Å². The van der Waals surface area contributed by atoms with Crippen LogP contribution in [0.5, 0.6) is 0 Å². The molecule has 0 N–H and O–H groups in total. The topological polar surface area (TPSA) is 0 Å². The average Bonchev–Trinajstić information content (AvgIpc) is 2.16. The minimum atomic E-state index is 1.31. The fourth-order valence-electron chi connectivity index (χ4n) is 1.60. The first-order chi connectivity index (χ1) is 6.41. The molecule has 0 amide bonds. The molecule has 0 saturated carbocycles. The summed E-state index contributed by atoms with van der Waals surface area (Å²) in [5.41, 5.74) is 0. The van der Waals surface area contributed by atoms with Crippen molar-refractivity contribution in [3.8, 4) is 0 Å². The second kappa shape index (κ2) is 12.6. The Hall–Kier alpha value is 0.558. The van der Waals surface area contributed by atoms with E-state index in [2.05, 4.69) is 23.8 Å². The van der Waals surface area contributed by atoms with Crippen LogP contribution in [0.2, 0.25) is 5.21 Å². The molecule has 1 heteroatoms. The summed E-state index contributed by atoms with van der Waals surface area (Å²) in [6, 6.07) is 0. The fourth-order valence-corrected chi connectivity index (χ4v) is 2.07. The third-order valence-electron chi connectivity index (χ3n) is 2.51. The summed E-state index contributed by atoms with van der Waals surface area (Å²) in [4.78, 5) is 0. The first-order valence-electron chi connectivity index (χ1n) is 6.02. The molecule has 0 aliphatic carbocycles. The molecule has 0 aromatic rings. The molecule has 2 radical (unpaired) electrons. The van der Waals surface area contributed by atoms with E-state index in [1.54, 1.807) is 0 Å². The van der Waals surface area contributed by atoms with Crippen LogP contribution in [0.15, 0.2) is 0 Å². The van der Waals surface area contributed by atoms with Gasteiger partial charge in [0.05, 0.1) is 0 Å². The second-order valence-electron chi connectivity index (χ2n) is 3.91. The van der Waals surface area contributed by atoms with Gasteiger partial charge in [-0.25, -0.2) is 0 Å². The van der Waals surface area contributed by atoms with Gasteiger partial charge in [0.2, 0.25) is 0 Å². The molecule has 0 heterocycles. The molecule has 0 aliphatic heterocycles. The van der Waals surface area contributed by atoms with E-state index in [1.165, 1.54) is 69.4 Å². The average molecular weight is 244 g/mol. The van der Waals surface area contributed by atoms with Crippen molar-refractivity contribution >= 4 is 16.9 Å². The van der Waals surface area contributed by atoms with E-state index < -0.39 is 0 Å². The van der Waals surface area contributed by atoms with Crippen molar-refractivity contribution in [3.05, 3.63) is 0 Å². The van der Waals surface area contributed by atoms with Crippen molar-refractivity contribution < 1.29 is 0 Å². The predicted molar refractivity (Wildman–Crippen MR) is 62.4 cm³/mol. The summed E-state index contributed by atoms with van der Waals surface area (Å²) in [5.74, 6) is 0. The van der Waals surface area contributed by atoms with E-state index in [1.807, 2.05) is 0 Å². The van der Waals surface area contributed by atoms with Gasteiger partial charge in [-0.2, -0.15) is 0 Å². The van der Waals surface area contributed by atoms with Gasteiger partial charge in [-0.1, -0.05) is 0 Å². The van der Waals surface area contributed by atoms with Crippen molar-refractivity contribution in [1.29, 1.82) is 0 Å². The first-order valence-corrected chi connectivity index (χ1v) is 7.35. The molecule has 0 atom stereocenters. The van der Waals surface area contributed by atoms with Crippen molar-refractivity contribution in [2.24, 2.45) is 0 Å². The Labute approximate surface area is 93.4 Å². The molecule has 0 fully saturated rings. The van der Waals surface area contributed by atoms with Crippen LogP contribution in [0, 0.1) is 0 Å². The zero-order valence-electron chi connectivity index (χ0n) is 9.23. The van der Waals surface area contributed by atoms with E-state index in [0.717, 1.165) is 0 Å². The molecule has 0 rings (SSSR count). The van der Waals surface area contributed by atoms with E-state index in [4.69, 9.17) is 0 Å². The molecule has 13 heavy (non-hydrogen) atoms. The van der Waals surface area contributed by atoms with Gasteiger partial charge in [-0.15, -0.1) is 0 Å². The normalized spacial score (nSPS) is 10.6. The fraction of sp³-hybridized carbons (Fsp3) is 1.00. The van der Waals surface area contributed by atoms with Crippen LogP contribution in [0.4, 0.5) is 0 Å². The SMILES string of the molecule is CCCCCCCCCCCC[As]. The monoisotopic (exact) mass is 244 g/mol. The zero-order chi connectivity index (χ0) is 9.78. The van der Waals surface area contributed by atoms with Gasteiger partial charge in [0.25, 0.3) is 0 Å². The van der Waals surface area contributed by atoms with Gasteiger partial charge in [-0.05, 0) is 0 Å². The molecule has 0 bridgehead atoms. The van der Waals surface area contributed by atoms with E-state index >= 15 is 0 Å². The molecule has 0 aliphatic rings. The quantitative estimate of drug-likeness (QED) is 0.392. The summed E-state index contributed by atoms with van der Waals surface area (Å²) in [7, 11) is 0.